The van der Waals surface area contributed by atoms with Crippen molar-refractivity contribution in [2.24, 2.45) is 5.41 Å². The zero-order valence-corrected chi connectivity index (χ0v) is 12.3. The molecule has 0 saturated carbocycles. The number of benzene rings is 1. The fourth-order valence-corrected chi connectivity index (χ4v) is 2.88. The maximum absolute atomic E-state index is 10.9. The van der Waals surface area contributed by atoms with E-state index in [-0.39, 0.29) is 5.41 Å². The molecule has 0 saturated heterocycles. The number of rotatable bonds is 6. The van der Waals surface area contributed by atoms with Crippen molar-refractivity contribution in [1.82, 2.24) is 4.98 Å². The van der Waals surface area contributed by atoms with Crippen molar-refractivity contribution < 1.29 is 5.11 Å². The normalized spacial score (nSPS) is 13.2. The van der Waals surface area contributed by atoms with Crippen LogP contribution in [0.2, 0.25) is 0 Å². The maximum atomic E-state index is 10.9. The van der Waals surface area contributed by atoms with Crippen LogP contribution in [0.25, 0.3) is 0 Å². The lowest BCUT2D eigenvalue weighted by molar-refractivity contribution is 0.0154. The van der Waals surface area contributed by atoms with Crippen LogP contribution in [0.1, 0.15) is 43.9 Å². The van der Waals surface area contributed by atoms with E-state index in [0.717, 1.165) is 24.8 Å². The van der Waals surface area contributed by atoms with Crippen LogP contribution in [0.5, 0.6) is 0 Å². The third kappa shape index (κ3) is 3.07. The average molecular weight is 269 g/mol. The Balaban J connectivity index is 2.29. The van der Waals surface area contributed by atoms with Gasteiger partial charge in [0.1, 0.15) is 0 Å². The molecule has 2 aromatic rings. The van der Waals surface area contributed by atoms with E-state index in [2.05, 4.69) is 24.9 Å². The Hall–Kier alpha value is -1.67. The third-order valence-corrected chi connectivity index (χ3v) is 4.38. The van der Waals surface area contributed by atoms with Crippen LogP contribution in [0.3, 0.4) is 0 Å². The molecule has 2 heteroatoms. The number of pyridine rings is 1. The van der Waals surface area contributed by atoms with Gasteiger partial charge >= 0.3 is 0 Å². The van der Waals surface area contributed by atoms with Crippen LogP contribution in [-0.4, -0.2) is 10.1 Å². The largest absolute Gasteiger partial charge is 0.388 e. The Kier molecular flexibility index (Phi) is 4.91. The maximum Gasteiger partial charge on any atom is 0.0849 e. The first-order chi connectivity index (χ1) is 9.72. The molecular formula is C18H23NO. The van der Waals surface area contributed by atoms with Gasteiger partial charge in [-0.25, -0.2) is 0 Å². The van der Waals surface area contributed by atoms with Crippen LogP contribution in [0.15, 0.2) is 54.9 Å². The Bertz CT molecular complexity index is 505. The minimum absolute atomic E-state index is 0.135. The van der Waals surface area contributed by atoms with Gasteiger partial charge in [-0.1, -0.05) is 50.2 Å². The molecule has 0 aliphatic rings. The standard InChI is InChI=1S/C18H23NO/c1-3-18(4-2,13-15-9-8-12-19-14-15)17(20)16-10-6-5-7-11-16/h5-12,14,17,20H,3-4,13H2,1-2H3. The smallest absolute Gasteiger partial charge is 0.0849 e. The van der Waals surface area contributed by atoms with E-state index in [9.17, 15) is 5.11 Å². The van der Waals surface area contributed by atoms with E-state index in [4.69, 9.17) is 0 Å². The lowest BCUT2D eigenvalue weighted by Crippen LogP contribution is -2.30. The summed E-state index contributed by atoms with van der Waals surface area (Å²) in [6, 6.07) is 14.0. The summed E-state index contributed by atoms with van der Waals surface area (Å²) in [6.07, 6.45) is 5.97. The van der Waals surface area contributed by atoms with Crippen LogP contribution < -0.4 is 0 Å². The molecular weight excluding hydrogens is 246 g/mol. The Morgan fingerprint density at radius 3 is 2.30 bits per heavy atom. The molecule has 1 aromatic carbocycles. The van der Waals surface area contributed by atoms with Crippen molar-refractivity contribution >= 4 is 0 Å². The third-order valence-electron chi connectivity index (χ3n) is 4.38. The first kappa shape index (κ1) is 14.7. The van der Waals surface area contributed by atoms with Crippen LogP contribution in [-0.2, 0) is 6.42 Å². The van der Waals surface area contributed by atoms with Crippen molar-refractivity contribution in [3.63, 3.8) is 0 Å². The molecule has 1 N–H and O–H groups in total. The van der Waals surface area contributed by atoms with Gasteiger partial charge in [0.15, 0.2) is 0 Å². The number of nitrogens with zero attached hydrogens (tertiary/aromatic N) is 1. The molecule has 0 radical (unpaired) electrons. The van der Waals surface area contributed by atoms with Gasteiger partial charge in [0.25, 0.3) is 0 Å². The van der Waals surface area contributed by atoms with Crippen molar-refractivity contribution in [3.8, 4) is 0 Å². The Morgan fingerprint density at radius 2 is 1.75 bits per heavy atom. The summed E-state index contributed by atoms with van der Waals surface area (Å²) in [7, 11) is 0. The molecule has 0 spiro atoms. The fraction of sp³-hybridized carbons (Fsp3) is 0.389. The summed E-state index contributed by atoms with van der Waals surface area (Å²) >= 11 is 0. The summed E-state index contributed by atoms with van der Waals surface area (Å²) in [4.78, 5) is 4.19. The second-order valence-electron chi connectivity index (χ2n) is 5.42. The van der Waals surface area contributed by atoms with Gasteiger partial charge in [-0.05, 0) is 36.5 Å². The molecule has 106 valence electrons. The average Bonchev–Trinajstić information content (AvgIpc) is 2.54. The number of aliphatic hydroxyl groups is 1. The fourth-order valence-electron chi connectivity index (χ4n) is 2.88. The van der Waals surface area contributed by atoms with Gasteiger partial charge in [0, 0.05) is 17.8 Å². The van der Waals surface area contributed by atoms with Crippen molar-refractivity contribution in [2.45, 2.75) is 39.2 Å². The van der Waals surface area contributed by atoms with Crippen molar-refractivity contribution in [2.75, 3.05) is 0 Å². The van der Waals surface area contributed by atoms with Gasteiger partial charge in [-0.3, -0.25) is 4.98 Å². The number of aliphatic hydroxyl groups excluding tert-OH is 1. The predicted octanol–water partition coefficient (Wildman–Crippen LogP) is 4.16. The van der Waals surface area contributed by atoms with E-state index >= 15 is 0 Å². The number of aromatic nitrogens is 1. The lowest BCUT2D eigenvalue weighted by atomic mass is 9.70. The quantitative estimate of drug-likeness (QED) is 0.854. The van der Waals surface area contributed by atoms with Gasteiger partial charge in [0.05, 0.1) is 6.10 Å². The van der Waals surface area contributed by atoms with Gasteiger partial charge in [-0.15, -0.1) is 0 Å². The van der Waals surface area contributed by atoms with Crippen molar-refractivity contribution in [3.05, 3.63) is 66.0 Å². The molecule has 0 aliphatic carbocycles. The monoisotopic (exact) mass is 269 g/mol. The van der Waals surface area contributed by atoms with E-state index < -0.39 is 6.10 Å². The summed E-state index contributed by atoms with van der Waals surface area (Å²) in [5, 5.41) is 10.9. The molecule has 1 unspecified atom stereocenters. The highest BCUT2D eigenvalue weighted by atomic mass is 16.3. The highest BCUT2D eigenvalue weighted by molar-refractivity contribution is 5.22. The molecule has 2 nitrogen and oxygen atoms in total. The molecule has 0 aliphatic heterocycles. The second kappa shape index (κ2) is 6.67. The van der Waals surface area contributed by atoms with Gasteiger partial charge in [0.2, 0.25) is 0 Å². The van der Waals surface area contributed by atoms with E-state index in [0.29, 0.717) is 0 Å². The molecule has 1 heterocycles. The molecule has 1 atom stereocenters. The molecule has 1 aromatic heterocycles. The summed E-state index contributed by atoms with van der Waals surface area (Å²) in [6.45, 7) is 4.32. The second-order valence-corrected chi connectivity index (χ2v) is 5.42. The van der Waals surface area contributed by atoms with E-state index in [1.54, 1.807) is 6.20 Å². The summed E-state index contributed by atoms with van der Waals surface area (Å²) in [5.41, 5.74) is 2.05. The van der Waals surface area contributed by atoms with Crippen molar-refractivity contribution in [1.29, 1.82) is 0 Å². The molecule has 0 bridgehead atoms. The van der Waals surface area contributed by atoms with Gasteiger partial charge in [-0.2, -0.15) is 0 Å². The molecule has 0 fully saturated rings. The topological polar surface area (TPSA) is 33.1 Å². The zero-order valence-electron chi connectivity index (χ0n) is 12.3. The molecule has 20 heavy (non-hydrogen) atoms. The van der Waals surface area contributed by atoms with Crippen LogP contribution in [0, 0.1) is 5.41 Å². The molecule has 2 rings (SSSR count). The molecule has 0 amide bonds. The SMILES string of the molecule is CCC(CC)(Cc1cccnc1)C(O)c1ccccc1. The number of hydrogen-bond acceptors (Lipinski definition) is 2. The predicted molar refractivity (Wildman–Crippen MR) is 82.4 cm³/mol. The highest BCUT2D eigenvalue weighted by Gasteiger charge is 2.35. The van der Waals surface area contributed by atoms with E-state index in [1.165, 1.54) is 5.56 Å². The van der Waals surface area contributed by atoms with Crippen LogP contribution in [0.4, 0.5) is 0 Å². The summed E-state index contributed by atoms with van der Waals surface area (Å²) in [5.74, 6) is 0. The Labute approximate surface area is 121 Å². The first-order valence-corrected chi connectivity index (χ1v) is 7.34. The summed E-state index contributed by atoms with van der Waals surface area (Å²) < 4.78 is 0. The highest BCUT2D eigenvalue weighted by Crippen LogP contribution is 2.42. The minimum atomic E-state index is -0.445. The van der Waals surface area contributed by atoms with Crippen LogP contribution >= 0.6 is 0 Å². The Morgan fingerprint density at radius 1 is 1.05 bits per heavy atom. The lowest BCUT2D eigenvalue weighted by Gasteiger charge is -2.37. The first-order valence-electron chi connectivity index (χ1n) is 7.34. The minimum Gasteiger partial charge on any atom is -0.388 e. The van der Waals surface area contributed by atoms with Gasteiger partial charge < -0.3 is 5.11 Å². The van der Waals surface area contributed by atoms with E-state index in [1.807, 2.05) is 42.6 Å². The zero-order chi connectivity index (χ0) is 14.4. The number of hydrogen-bond donors (Lipinski definition) is 1.